The minimum atomic E-state index is -0.684. The number of carbonyl (C=O) groups is 2. The Bertz CT molecular complexity index is 832. The van der Waals surface area contributed by atoms with E-state index in [0.29, 0.717) is 18.9 Å². The molecule has 1 atom stereocenters. The summed E-state index contributed by atoms with van der Waals surface area (Å²) >= 11 is 0. The first-order valence-electron chi connectivity index (χ1n) is 14.2. The monoisotopic (exact) mass is 498 g/mol. The number of hydrogen-bond acceptors (Lipinski definition) is 5. The molecule has 0 saturated carbocycles. The van der Waals surface area contributed by atoms with E-state index in [1.54, 1.807) is 0 Å². The highest BCUT2D eigenvalue weighted by Crippen LogP contribution is 2.34. The molecule has 0 radical (unpaired) electrons. The first-order chi connectivity index (χ1) is 17.5. The van der Waals surface area contributed by atoms with Gasteiger partial charge in [0.1, 0.15) is 11.6 Å². The van der Waals surface area contributed by atoms with Crippen molar-refractivity contribution in [2.24, 2.45) is 5.92 Å². The molecule has 0 aromatic heterocycles. The smallest absolute Gasteiger partial charge is 0.246 e. The van der Waals surface area contributed by atoms with Gasteiger partial charge in [-0.2, -0.15) is 0 Å². The van der Waals surface area contributed by atoms with E-state index in [-0.39, 0.29) is 17.9 Å². The SMILES string of the molecule is CC(C)C[C@@H]1NC(=O)C2(CCN(CCCCc3ccccc3)CC2)N(CCCN2CCOCC2)C1=O. The minimum Gasteiger partial charge on any atom is -0.379 e. The lowest BCUT2D eigenvalue weighted by Crippen LogP contribution is -2.73. The average molecular weight is 499 g/mol. The van der Waals surface area contributed by atoms with Crippen LogP contribution in [0.25, 0.3) is 0 Å². The van der Waals surface area contributed by atoms with Gasteiger partial charge in [0.05, 0.1) is 13.2 Å². The second-order valence-electron chi connectivity index (χ2n) is 11.3. The number of nitrogens with zero attached hydrogens (tertiary/aromatic N) is 3. The normalized spacial score (nSPS) is 23.4. The number of likely N-dealkylation sites (tertiary alicyclic amines) is 1. The summed E-state index contributed by atoms with van der Waals surface area (Å²) in [4.78, 5) is 34.1. The van der Waals surface area contributed by atoms with E-state index in [4.69, 9.17) is 4.74 Å². The van der Waals surface area contributed by atoms with E-state index in [0.717, 1.165) is 84.6 Å². The summed E-state index contributed by atoms with van der Waals surface area (Å²) in [7, 11) is 0. The number of hydrogen-bond donors (Lipinski definition) is 1. The van der Waals surface area contributed by atoms with Crippen LogP contribution in [0.1, 0.15) is 57.9 Å². The zero-order valence-corrected chi connectivity index (χ0v) is 22.4. The fraction of sp³-hybridized carbons (Fsp3) is 0.724. The highest BCUT2D eigenvalue weighted by Gasteiger charge is 2.53. The van der Waals surface area contributed by atoms with Crippen LogP contribution in [0.5, 0.6) is 0 Å². The van der Waals surface area contributed by atoms with Crippen LogP contribution in [-0.2, 0) is 20.7 Å². The van der Waals surface area contributed by atoms with Crippen molar-refractivity contribution >= 4 is 11.8 Å². The lowest BCUT2D eigenvalue weighted by Gasteiger charge is -2.52. The number of piperidine rings is 1. The van der Waals surface area contributed by atoms with Crippen molar-refractivity contribution in [1.29, 1.82) is 0 Å². The van der Waals surface area contributed by atoms with Crippen LogP contribution < -0.4 is 5.32 Å². The molecule has 3 fully saturated rings. The van der Waals surface area contributed by atoms with Crippen molar-refractivity contribution in [2.75, 3.05) is 59.0 Å². The Balaban J connectivity index is 1.33. The average Bonchev–Trinajstić information content (AvgIpc) is 2.89. The second kappa shape index (κ2) is 13.0. The van der Waals surface area contributed by atoms with Crippen LogP contribution >= 0.6 is 0 Å². The predicted octanol–water partition coefficient (Wildman–Crippen LogP) is 2.94. The van der Waals surface area contributed by atoms with Gasteiger partial charge in [0.2, 0.25) is 11.8 Å². The first-order valence-corrected chi connectivity index (χ1v) is 14.2. The number of unbranched alkanes of at least 4 members (excludes halogenated alkanes) is 1. The van der Waals surface area contributed by atoms with Crippen LogP contribution in [-0.4, -0.2) is 97.1 Å². The van der Waals surface area contributed by atoms with Gasteiger partial charge in [-0.3, -0.25) is 14.5 Å². The highest BCUT2D eigenvalue weighted by atomic mass is 16.5. The van der Waals surface area contributed by atoms with Gasteiger partial charge in [-0.05, 0) is 63.0 Å². The number of morpholine rings is 1. The lowest BCUT2D eigenvalue weighted by atomic mass is 9.80. The minimum absolute atomic E-state index is 0.0721. The molecule has 2 amide bonds. The number of piperazine rings is 1. The third kappa shape index (κ3) is 6.87. The third-order valence-electron chi connectivity index (χ3n) is 8.19. The molecule has 1 aromatic carbocycles. The van der Waals surface area contributed by atoms with E-state index < -0.39 is 5.54 Å². The van der Waals surface area contributed by atoms with Gasteiger partial charge in [-0.25, -0.2) is 0 Å². The Hall–Kier alpha value is -1.96. The number of nitrogens with one attached hydrogen (secondary N) is 1. The molecule has 3 heterocycles. The standard InChI is InChI=1S/C29H46N4O3/c1-24(2)23-26-27(34)33(16-8-15-32-19-21-36-22-20-32)29(28(35)30-26)12-17-31(18-13-29)14-7-6-11-25-9-4-3-5-10-25/h3-5,9-10,24,26H,6-8,11-23H2,1-2H3,(H,30,35)/t26-/m0/s1. The van der Waals surface area contributed by atoms with Crippen molar-refractivity contribution < 1.29 is 14.3 Å². The Kier molecular flexibility index (Phi) is 9.80. The molecule has 0 bridgehead atoms. The molecule has 200 valence electrons. The maximum Gasteiger partial charge on any atom is 0.246 e. The van der Waals surface area contributed by atoms with Gasteiger partial charge in [0, 0.05) is 39.3 Å². The molecule has 3 aliphatic rings. The summed E-state index contributed by atoms with van der Waals surface area (Å²) in [5.74, 6) is 0.561. The van der Waals surface area contributed by atoms with E-state index in [1.807, 2.05) is 4.90 Å². The van der Waals surface area contributed by atoms with Gasteiger partial charge in [0.15, 0.2) is 0 Å². The summed E-state index contributed by atoms with van der Waals surface area (Å²) in [5, 5.41) is 3.14. The van der Waals surface area contributed by atoms with E-state index >= 15 is 0 Å². The van der Waals surface area contributed by atoms with E-state index in [9.17, 15) is 9.59 Å². The zero-order valence-electron chi connectivity index (χ0n) is 22.4. The molecule has 1 spiro atoms. The molecular weight excluding hydrogens is 452 g/mol. The fourth-order valence-electron chi connectivity index (χ4n) is 6.06. The molecule has 1 N–H and O–H groups in total. The Morgan fingerprint density at radius 2 is 1.58 bits per heavy atom. The molecule has 1 aromatic rings. The van der Waals surface area contributed by atoms with Crippen LogP contribution in [0.4, 0.5) is 0 Å². The number of ether oxygens (including phenoxy) is 1. The third-order valence-corrected chi connectivity index (χ3v) is 8.19. The number of aryl methyl sites for hydroxylation is 1. The second-order valence-corrected chi connectivity index (χ2v) is 11.3. The summed E-state index contributed by atoms with van der Waals surface area (Å²) in [6, 6.07) is 10.3. The van der Waals surface area contributed by atoms with Gasteiger partial charge < -0.3 is 19.9 Å². The molecule has 3 saturated heterocycles. The fourth-order valence-corrected chi connectivity index (χ4v) is 6.06. The summed E-state index contributed by atoms with van der Waals surface area (Å²) in [6.45, 7) is 12.1. The molecular formula is C29H46N4O3. The van der Waals surface area contributed by atoms with Crippen molar-refractivity contribution in [3.8, 4) is 0 Å². The van der Waals surface area contributed by atoms with Crippen LogP contribution in [0, 0.1) is 5.92 Å². The lowest BCUT2D eigenvalue weighted by molar-refractivity contribution is -0.161. The topological polar surface area (TPSA) is 65.1 Å². The van der Waals surface area contributed by atoms with Crippen LogP contribution in [0.2, 0.25) is 0 Å². The molecule has 36 heavy (non-hydrogen) atoms. The summed E-state index contributed by atoms with van der Waals surface area (Å²) in [5.41, 5.74) is 0.715. The molecule has 0 unspecified atom stereocenters. The quantitative estimate of drug-likeness (QED) is 0.476. The predicted molar refractivity (Wildman–Crippen MR) is 143 cm³/mol. The Morgan fingerprint density at radius 3 is 2.28 bits per heavy atom. The number of amides is 2. The van der Waals surface area contributed by atoms with Gasteiger partial charge in [0.25, 0.3) is 0 Å². The van der Waals surface area contributed by atoms with Gasteiger partial charge >= 0.3 is 0 Å². The van der Waals surface area contributed by atoms with E-state index in [2.05, 4.69) is 59.3 Å². The molecule has 0 aliphatic carbocycles. The molecule has 3 aliphatic heterocycles. The molecule has 4 rings (SSSR count). The summed E-state index contributed by atoms with van der Waals surface area (Å²) < 4.78 is 5.47. The highest BCUT2D eigenvalue weighted by molar-refractivity contribution is 6.00. The first kappa shape index (κ1) is 27.1. The number of benzene rings is 1. The maximum absolute atomic E-state index is 13.7. The Labute approximate surface area is 217 Å². The van der Waals surface area contributed by atoms with Crippen molar-refractivity contribution in [1.82, 2.24) is 20.0 Å². The van der Waals surface area contributed by atoms with Gasteiger partial charge in [-0.15, -0.1) is 0 Å². The maximum atomic E-state index is 13.7. The number of carbonyl (C=O) groups excluding carboxylic acids is 2. The van der Waals surface area contributed by atoms with Crippen molar-refractivity contribution in [3.63, 3.8) is 0 Å². The molecule has 7 heteroatoms. The molecule has 7 nitrogen and oxygen atoms in total. The van der Waals surface area contributed by atoms with E-state index in [1.165, 1.54) is 12.0 Å². The summed E-state index contributed by atoms with van der Waals surface area (Å²) in [6.07, 6.45) is 6.52. The van der Waals surface area contributed by atoms with Gasteiger partial charge in [-0.1, -0.05) is 44.2 Å². The number of rotatable bonds is 11. The van der Waals surface area contributed by atoms with Crippen LogP contribution in [0.15, 0.2) is 30.3 Å². The zero-order chi connectivity index (χ0) is 25.4. The van der Waals surface area contributed by atoms with Crippen molar-refractivity contribution in [3.05, 3.63) is 35.9 Å². The largest absolute Gasteiger partial charge is 0.379 e. The van der Waals surface area contributed by atoms with Crippen LogP contribution in [0.3, 0.4) is 0 Å². The Morgan fingerprint density at radius 1 is 0.917 bits per heavy atom. The van der Waals surface area contributed by atoms with Crippen molar-refractivity contribution in [2.45, 2.75) is 70.4 Å².